The number of aromatic nitrogens is 2. The summed E-state index contributed by atoms with van der Waals surface area (Å²) in [6, 6.07) is 0.775. The normalized spacial score (nSPS) is 17.1. The summed E-state index contributed by atoms with van der Waals surface area (Å²) < 4.78 is 0. The van der Waals surface area contributed by atoms with Gasteiger partial charge in [0.1, 0.15) is 5.01 Å². The highest BCUT2D eigenvalue weighted by Gasteiger charge is 2.22. The monoisotopic (exact) mass is 212 g/mol. The molecule has 0 aromatic carbocycles. The van der Waals surface area contributed by atoms with Gasteiger partial charge in [-0.1, -0.05) is 17.8 Å². The van der Waals surface area contributed by atoms with Gasteiger partial charge in [0.2, 0.25) is 5.13 Å². The predicted octanol–water partition coefficient (Wildman–Crippen LogP) is 1.56. The summed E-state index contributed by atoms with van der Waals surface area (Å²) >= 11 is 1.64. The van der Waals surface area contributed by atoms with Gasteiger partial charge >= 0.3 is 0 Å². The van der Waals surface area contributed by atoms with E-state index in [0.717, 1.165) is 22.7 Å². The van der Waals surface area contributed by atoms with E-state index in [9.17, 15) is 0 Å². The first kappa shape index (κ1) is 9.86. The van der Waals surface area contributed by atoms with E-state index < -0.39 is 0 Å². The van der Waals surface area contributed by atoms with Crippen LogP contribution in [-0.4, -0.2) is 35.2 Å². The Labute approximate surface area is 88.3 Å². The fourth-order valence-electron chi connectivity index (χ4n) is 1.59. The Morgan fingerprint density at radius 3 is 2.79 bits per heavy atom. The van der Waals surface area contributed by atoms with Crippen molar-refractivity contribution in [3.05, 3.63) is 5.01 Å². The average molecular weight is 212 g/mol. The molecule has 1 aromatic heterocycles. The molecule has 0 atom stereocenters. The highest BCUT2D eigenvalue weighted by molar-refractivity contribution is 7.15. The van der Waals surface area contributed by atoms with Gasteiger partial charge in [0.15, 0.2) is 0 Å². The molecule has 1 aromatic rings. The van der Waals surface area contributed by atoms with Crippen LogP contribution in [0.2, 0.25) is 0 Å². The standard InChI is InChI=1S/C9H16N4S/c1-10-9-12-11-8(14-9)6-13(2)7-4-3-5-7/h7H,3-6H2,1-2H3,(H,10,12). The molecule has 1 heterocycles. The van der Waals surface area contributed by atoms with Crippen molar-refractivity contribution in [3.63, 3.8) is 0 Å². The number of anilines is 1. The van der Waals surface area contributed by atoms with E-state index in [1.807, 2.05) is 7.05 Å². The lowest BCUT2D eigenvalue weighted by molar-refractivity contribution is 0.152. The maximum atomic E-state index is 4.13. The zero-order chi connectivity index (χ0) is 9.97. The van der Waals surface area contributed by atoms with Gasteiger partial charge in [0, 0.05) is 13.1 Å². The molecule has 0 spiro atoms. The van der Waals surface area contributed by atoms with E-state index in [2.05, 4.69) is 27.5 Å². The van der Waals surface area contributed by atoms with Gasteiger partial charge < -0.3 is 5.32 Å². The molecule has 0 saturated heterocycles. The maximum absolute atomic E-state index is 4.13. The molecule has 78 valence electrons. The molecule has 2 rings (SSSR count). The quantitative estimate of drug-likeness (QED) is 0.822. The molecule has 0 aliphatic heterocycles. The lowest BCUT2D eigenvalue weighted by Gasteiger charge is -2.33. The summed E-state index contributed by atoms with van der Waals surface area (Å²) in [5, 5.41) is 13.2. The molecule has 1 saturated carbocycles. The van der Waals surface area contributed by atoms with Crippen LogP contribution >= 0.6 is 11.3 Å². The van der Waals surface area contributed by atoms with Gasteiger partial charge in [-0.15, -0.1) is 10.2 Å². The van der Waals surface area contributed by atoms with Crippen LogP contribution in [0.15, 0.2) is 0 Å². The summed E-state index contributed by atoms with van der Waals surface area (Å²) in [5.74, 6) is 0. The van der Waals surface area contributed by atoms with Crippen molar-refractivity contribution >= 4 is 16.5 Å². The molecule has 5 heteroatoms. The van der Waals surface area contributed by atoms with E-state index in [-0.39, 0.29) is 0 Å². The fourth-order valence-corrected chi connectivity index (χ4v) is 2.35. The van der Waals surface area contributed by atoms with Gasteiger partial charge in [0.05, 0.1) is 6.54 Å². The summed E-state index contributed by atoms with van der Waals surface area (Å²) in [7, 11) is 4.05. The van der Waals surface area contributed by atoms with Gasteiger partial charge in [-0.3, -0.25) is 4.90 Å². The van der Waals surface area contributed by atoms with Crippen LogP contribution in [0.25, 0.3) is 0 Å². The van der Waals surface area contributed by atoms with Crippen LogP contribution in [0, 0.1) is 0 Å². The molecule has 14 heavy (non-hydrogen) atoms. The summed E-state index contributed by atoms with van der Waals surface area (Å²) in [4.78, 5) is 2.38. The van der Waals surface area contributed by atoms with Gasteiger partial charge in [-0.05, 0) is 19.9 Å². The second-order valence-corrected chi connectivity index (χ2v) is 4.81. The van der Waals surface area contributed by atoms with Crippen molar-refractivity contribution in [1.82, 2.24) is 15.1 Å². The Morgan fingerprint density at radius 1 is 1.50 bits per heavy atom. The number of hydrogen-bond donors (Lipinski definition) is 1. The zero-order valence-electron chi connectivity index (χ0n) is 8.66. The first-order valence-corrected chi connectivity index (χ1v) is 5.81. The third-order valence-electron chi connectivity index (χ3n) is 2.76. The van der Waals surface area contributed by atoms with E-state index in [4.69, 9.17) is 0 Å². The smallest absolute Gasteiger partial charge is 0.205 e. The molecule has 1 fully saturated rings. The molecule has 4 nitrogen and oxygen atoms in total. The van der Waals surface area contributed by atoms with Crippen molar-refractivity contribution in [1.29, 1.82) is 0 Å². The van der Waals surface area contributed by atoms with Crippen molar-refractivity contribution in [2.24, 2.45) is 0 Å². The number of hydrogen-bond acceptors (Lipinski definition) is 5. The van der Waals surface area contributed by atoms with Crippen LogP contribution in [0.4, 0.5) is 5.13 Å². The molecule has 0 unspecified atom stereocenters. The van der Waals surface area contributed by atoms with E-state index >= 15 is 0 Å². The lowest BCUT2D eigenvalue weighted by atomic mass is 9.92. The molecular weight excluding hydrogens is 196 g/mol. The Balaban J connectivity index is 1.89. The SMILES string of the molecule is CNc1nnc(CN(C)C2CCC2)s1. The predicted molar refractivity (Wildman–Crippen MR) is 58.6 cm³/mol. The highest BCUT2D eigenvalue weighted by atomic mass is 32.1. The molecule has 1 aliphatic rings. The van der Waals surface area contributed by atoms with E-state index in [1.165, 1.54) is 19.3 Å². The summed E-state index contributed by atoms with van der Waals surface area (Å²) in [6.45, 7) is 0.935. The lowest BCUT2D eigenvalue weighted by Crippen LogP contribution is -2.36. The molecule has 1 aliphatic carbocycles. The molecule has 0 amide bonds. The zero-order valence-corrected chi connectivity index (χ0v) is 9.47. The van der Waals surface area contributed by atoms with Gasteiger partial charge in [-0.25, -0.2) is 0 Å². The Hall–Kier alpha value is -0.680. The van der Waals surface area contributed by atoms with Gasteiger partial charge in [-0.2, -0.15) is 0 Å². The molecule has 1 N–H and O–H groups in total. The molecule has 0 radical (unpaired) electrons. The van der Waals surface area contributed by atoms with E-state index in [1.54, 1.807) is 11.3 Å². The van der Waals surface area contributed by atoms with Crippen LogP contribution in [0.5, 0.6) is 0 Å². The first-order chi connectivity index (χ1) is 6.79. The second-order valence-electron chi connectivity index (χ2n) is 3.75. The fraction of sp³-hybridized carbons (Fsp3) is 0.778. The summed E-state index contributed by atoms with van der Waals surface area (Å²) in [6.07, 6.45) is 4.06. The van der Waals surface area contributed by atoms with Crippen LogP contribution in [-0.2, 0) is 6.54 Å². The maximum Gasteiger partial charge on any atom is 0.205 e. The van der Waals surface area contributed by atoms with Crippen LogP contribution < -0.4 is 5.32 Å². The van der Waals surface area contributed by atoms with Crippen molar-refractivity contribution in [2.75, 3.05) is 19.4 Å². The van der Waals surface area contributed by atoms with Crippen LogP contribution in [0.3, 0.4) is 0 Å². The topological polar surface area (TPSA) is 41.1 Å². The summed E-state index contributed by atoms with van der Waals surface area (Å²) in [5.41, 5.74) is 0. The Kier molecular flexibility index (Phi) is 2.98. The average Bonchev–Trinajstić information content (AvgIpc) is 2.48. The number of rotatable bonds is 4. The minimum absolute atomic E-state index is 0.775. The number of nitrogens with zero attached hydrogens (tertiary/aromatic N) is 3. The van der Waals surface area contributed by atoms with Gasteiger partial charge in [0.25, 0.3) is 0 Å². The van der Waals surface area contributed by atoms with Crippen molar-refractivity contribution in [2.45, 2.75) is 31.8 Å². The largest absolute Gasteiger partial charge is 0.363 e. The van der Waals surface area contributed by atoms with E-state index in [0.29, 0.717) is 0 Å². The van der Waals surface area contributed by atoms with Crippen LogP contribution in [0.1, 0.15) is 24.3 Å². The van der Waals surface area contributed by atoms with Crippen molar-refractivity contribution in [3.8, 4) is 0 Å². The Bertz CT molecular complexity index is 295. The third-order valence-corrected chi connectivity index (χ3v) is 3.69. The Morgan fingerprint density at radius 2 is 2.29 bits per heavy atom. The van der Waals surface area contributed by atoms with Crippen molar-refractivity contribution < 1.29 is 0 Å². The molecular formula is C9H16N4S. The minimum atomic E-state index is 0.775. The third kappa shape index (κ3) is 2.04. The first-order valence-electron chi connectivity index (χ1n) is 5.00. The molecule has 0 bridgehead atoms. The number of nitrogens with one attached hydrogen (secondary N) is 1. The second kappa shape index (κ2) is 4.23. The minimum Gasteiger partial charge on any atom is -0.363 e. The highest BCUT2D eigenvalue weighted by Crippen LogP contribution is 2.25.